The molecule has 0 saturated heterocycles. The highest BCUT2D eigenvalue weighted by atomic mass is 16.6. The zero-order valence-corrected chi connectivity index (χ0v) is 18.4. The van der Waals surface area contributed by atoms with Crippen LogP contribution in [0.4, 0.5) is 0 Å². The third-order valence-corrected chi connectivity index (χ3v) is 5.82. The molecule has 0 fully saturated rings. The molecular formula is C25H30O5. The summed E-state index contributed by atoms with van der Waals surface area (Å²) in [7, 11) is 0. The van der Waals surface area contributed by atoms with Crippen molar-refractivity contribution in [2.45, 2.75) is 71.8 Å². The fraction of sp³-hybridized carbons (Fsp3) is 0.440. The highest BCUT2D eigenvalue weighted by Crippen LogP contribution is 2.46. The van der Waals surface area contributed by atoms with E-state index in [1.807, 2.05) is 34.6 Å². The van der Waals surface area contributed by atoms with Crippen LogP contribution in [0.5, 0.6) is 11.7 Å². The molecule has 30 heavy (non-hydrogen) atoms. The molecule has 0 saturated carbocycles. The van der Waals surface area contributed by atoms with Crippen LogP contribution in [0.2, 0.25) is 0 Å². The van der Waals surface area contributed by atoms with Crippen molar-refractivity contribution in [3.63, 3.8) is 0 Å². The normalized spacial score (nSPS) is 20.7. The Morgan fingerprint density at radius 2 is 2.00 bits per heavy atom. The zero-order valence-electron chi connectivity index (χ0n) is 18.4. The summed E-state index contributed by atoms with van der Waals surface area (Å²) in [6.07, 6.45) is 6.69. The van der Waals surface area contributed by atoms with Crippen molar-refractivity contribution in [1.29, 1.82) is 0 Å². The van der Waals surface area contributed by atoms with Crippen LogP contribution in [-0.2, 0) is 4.79 Å². The highest BCUT2D eigenvalue weighted by molar-refractivity contribution is 5.91. The number of rotatable bonds is 7. The number of phenolic OH excluding ortho intramolecular Hbond substituents is 1. The first-order valence-electron chi connectivity index (χ1n) is 10.4. The van der Waals surface area contributed by atoms with E-state index in [-0.39, 0.29) is 28.8 Å². The van der Waals surface area contributed by atoms with Gasteiger partial charge >= 0.3 is 0 Å². The Morgan fingerprint density at radius 3 is 2.70 bits per heavy atom. The number of hydrogen-bond donors (Lipinski definition) is 1. The Labute approximate surface area is 177 Å². The van der Waals surface area contributed by atoms with Crippen LogP contribution < -0.4 is 10.2 Å². The molecule has 1 aliphatic rings. The van der Waals surface area contributed by atoms with E-state index in [4.69, 9.17) is 9.15 Å². The smallest absolute Gasteiger partial charge is 0.293 e. The van der Waals surface area contributed by atoms with Crippen molar-refractivity contribution in [1.82, 2.24) is 0 Å². The van der Waals surface area contributed by atoms with E-state index in [0.717, 1.165) is 30.4 Å². The van der Waals surface area contributed by atoms with Crippen LogP contribution in [0, 0.1) is 0 Å². The molecule has 0 amide bonds. The van der Waals surface area contributed by atoms with E-state index in [1.54, 1.807) is 12.1 Å². The fourth-order valence-corrected chi connectivity index (χ4v) is 4.02. The van der Waals surface area contributed by atoms with E-state index in [0.29, 0.717) is 23.0 Å². The van der Waals surface area contributed by atoms with Gasteiger partial charge in [0.25, 0.3) is 5.95 Å². The van der Waals surface area contributed by atoms with Crippen LogP contribution >= 0.6 is 0 Å². The quantitative estimate of drug-likeness (QED) is 0.355. The molecule has 0 spiro atoms. The zero-order chi connectivity index (χ0) is 22.1. The predicted octanol–water partition coefficient (Wildman–Crippen LogP) is 5.80. The molecule has 1 aromatic heterocycles. The Morgan fingerprint density at radius 1 is 1.27 bits per heavy atom. The van der Waals surface area contributed by atoms with Crippen molar-refractivity contribution >= 4 is 16.8 Å². The lowest BCUT2D eigenvalue weighted by atomic mass is 9.83. The maximum absolute atomic E-state index is 13.0. The van der Waals surface area contributed by atoms with Gasteiger partial charge in [-0.25, -0.2) is 0 Å². The lowest BCUT2D eigenvalue weighted by Crippen LogP contribution is -2.33. The monoisotopic (exact) mass is 410 g/mol. The van der Waals surface area contributed by atoms with Crippen molar-refractivity contribution in [3.8, 4) is 11.7 Å². The Balaban J connectivity index is 1.68. The average Bonchev–Trinajstić information content (AvgIpc) is 2.88. The molecule has 1 aliphatic heterocycles. The van der Waals surface area contributed by atoms with Crippen molar-refractivity contribution in [3.05, 3.63) is 57.3 Å². The summed E-state index contributed by atoms with van der Waals surface area (Å²) in [5.74, 6) is 0.324. The molecule has 160 valence electrons. The predicted molar refractivity (Wildman–Crippen MR) is 118 cm³/mol. The van der Waals surface area contributed by atoms with Gasteiger partial charge in [0, 0.05) is 18.4 Å². The lowest BCUT2D eigenvalue weighted by molar-refractivity contribution is -0.114. The third kappa shape index (κ3) is 4.50. The number of allylic oxidation sites excluding steroid dienone is 4. The molecule has 0 aliphatic carbocycles. The second-order valence-electron chi connectivity index (χ2n) is 8.76. The lowest BCUT2D eigenvalue weighted by Gasteiger charge is -2.27. The topological polar surface area (TPSA) is 76.7 Å². The highest BCUT2D eigenvalue weighted by Gasteiger charge is 2.45. The molecule has 2 aromatic rings. The van der Waals surface area contributed by atoms with Gasteiger partial charge in [-0.1, -0.05) is 24.1 Å². The first-order chi connectivity index (χ1) is 14.1. The van der Waals surface area contributed by atoms with Gasteiger partial charge in [0.05, 0.1) is 10.9 Å². The Hall–Kier alpha value is -2.82. The SMILES string of the molecule is CC(C)=CC(=O)C/C(C)=C/CCC[C@]1(C)Oc2oc3cc(O)ccc3c(=O)c2[C@H]1C. The fourth-order valence-electron chi connectivity index (χ4n) is 4.02. The maximum atomic E-state index is 13.0. The van der Waals surface area contributed by atoms with Gasteiger partial charge in [-0.15, -0.1) is 0 Å². The van der Waals surface area contributed by atoms with E-state index < -0.39 is 5.60 Å². The molecule has 2 atom stereocenters. The largest absolute Gasteiger partial charge is 0.508 e. The summed E-state index contributed by atoms with van der Waals surface area (Å²) < 4.78 is 11.9. The summed E-state index contributed by atoms with van der Waals surface area (Å²) in [6.45, 7) is 9.82. The number of ether oxygens (including phenoxy) is 1. The van der Waals surface area contributed by atoms with Crippen molar-refractivity contribution < 1.29 is 19.1 Å². The summed E-state index contributed by atoms with van der Waals surface area (Å²) in [5.41, 5.74) is 2.33. The minimum Gasteiger partial charge on any atom is -0.508 e. The molecule has 5 heteroatoms. The van der Waals surface area contributed by atoms with Gasteiger partial charge < -0.3 is 14.3 Å². The van der Waals surface area contributed by atoms with Crippen LogP contribution in [0.1, 0.15) is 71.8 Å². The van der Waals surface area contributed by atoms with Gasteiger partial charge in [0.1, 0.15) is 16.9 Å². The number of carbonyl (C=O) groups excluding carboxylic acids is 1. The molecule has 2 heterocycles. The van der Waals surface area contributed by atoms with Crippen LogP contribution in [0.3, 0.4) is 0 Å². The van der Waals surface area contributed by atoms with Gasteiger partial charge in [-0.2, -0.15) is 0 Å². The summed E-state index contributed by atoms with van der Waals surface area (Å²) in [6, 6.07) is 4.51. The number of fused-ring (bicyclic) bond motifs is 2. The number of hydrogen-bond acceptors (Lipinski definition) is 5. The van der Waals surface area contributed by atoms with E-state index in [9.17, 15) is 14.7 Å². The minimum absolute atomic E-state index is 0.0460. The van der Waals surface area contributed by atoms with E-state index >= 15 is 0 Å². The van der Waals surface area contributed by atoms with Crippen molar-refractivity contribution in [2.75, 3.05) is 0 Å². The molecule has 0 unspecified atom stereocenters. The maximum Gasteiger partial charge on any atom is 0.293 e. The molecule has 1 N–H and O–H groups in total. The van der Waals surface area contributed by atoms with E-state index in [2.05, 4.69) is 6.08 Å². The first-order valence-corrected chi connectivity index (χ1v) is 10.4. The standard InChI is InChI=1S/C25H30O5/c1-15(2)12-19(27)13-16(3)8-6-7-11-25(5)17(4)22-23(28)20-10-9-18(26)14-21(20)29-24(22)30-25/h8-10,12,14,17,26H,6-7,11,13H2,1-5H3/b16-8+/t17-,25+/m1/s1. The van der Waals surface area contributed by atoms with Gasteiger partial charge in [-0.3, -0.25) is 9.59 Å². The number of benzene rings is 1. The number of ketones is 1. The van der Waals surface area contributed by atoms with Crippen LogP contribution in [-0.4, -0.2) is 16.5 Å². The Kier molecular flexibility index (Phi) is 6.20. The van der Waals surface area contributed by atoms with Crippen LogP contribution in [0.25, 0.3) is 11.0 Å². The number of unbranched alkanes of at least 4 members (excludes halogenated alkanes) is 1. The second kappa shape index (κ2) is 8.50. The Bertz CT molecular complexity index is 1080. The first kappa shape index (κ1) is 21.9. The summed E-state index contributed by atoms with van der Waals surface area (Å²) >= 11 is 0. The summed E-state index contributed by atoms with van der Waals surface area (Å²) in [4.78, 5) is 24.8. The molecular weight excluding hydrogens is 380 g/mol. The second-order valence-corrected chi connectivity index (χ2v) is 8.76. The molecule has 0 radical (unpaired) electrons. The van der Waals surface area contributed by atoms with Gasteiger partial charge in [0.15, 0.2) is 11.2 Å². The van der Waals surface area contributed by atoms with Crippen molar-refractivity contribution in [2.24, 2.45) is 0 Å². The minimum atomic E-state index is -0.538. The number of carbonyl (C=O) groups is 1. The number of aromatic hydroxyl groups is 1. The average molecular weight is 411 g/mol. The van der Waals surface area contributed by atoms with E-state index in [1.165, 1.54) is 12.1 Å². The summed E-state index contributed by atoms with van der Waals surface area (Å²) in [5, 5.41) is 10.1. The number of phenols is 1. The molecule has 1 aromatic carbocycles. The molecule has 3 rings (SSSR count). The van der Waals surface area contributed by atoms with Gasteiger partial charge in [0.2, 0.25) is 0 Å². The molecule has 0 bridgehead atoms. The molecule has 5 nitrogen and oxygen atoms in total. The van der Waals surface area contributed by atoms with Gasteiger partial charge in [-0.05, 0) is 65.2 Å². The van der Waals surface area contributed by atoms with Crippen LogP contribution in [0.15, 0.2) is 50.7 Å². The third-order valence-electron chi connectivity index (χ3n) is 5.82.